The van der Waals surface area contributed by atoms with Crippen LogP contribution in [0.15, 0.2) is 42.5 Å². The highest BCUT2D eigenvalue weighted by atomic mass is 32.1. The van der Waals surface area contributed by atoms with Crippen molar-refractivity contribution >= 4 is 22.2 Å². The second kappa shape index (κ2) is 5.70. The zero-order valence-corrected chi connectivity index (χ0v) is 13.7. The Kier molecular flexibility index (Phi) is 3.64. The first-order valence-corrected chi connectivity index (χ1v) is 8.50. The first-order chi connectivity index (χ1) is 11.6. The van der Waals surface area contributed by atoms with Gasteiger partial charge in [-0.1, -0.05) is 23.6 Å². The molecule has 2 aliphatic rings. The molecule has 0 radical (unpaired) electrons. The van der Waals surface area contributed by atoms with Gasteiger partial charge in [-0.3, -0.25) is 0 Å². The molecular formula is C17H16F2N4S. The van der Waals surface area contributed by atoms with E-state index in [2.05, 4.69) is 27.9 Å². The van der Waals surface area contributed by atoms with Gasteiger partial charge >= 0.3 is 0 Å². The number of nitrogens with one attached hydrogen (secondary N) is 2. The number of anilines is 2. The molecule has 0 amide bonds. The monoisotopic (exact) mass is 346 g/mol. The number of thiazole rings is 1. The Morgan fingerprint density at radius 3 is 3.00 bits per heavy atom. The first-order valence-electron chi connectivity index (χ1n) is 7.68. The average Bonchev–Trinajstić information content (AvgIpc) is 3.27. The molecule has 4 nitrogen and oxygen atoms in total. The summed E-state index contributed by atoms with van der Waals surface area (Å²) in [7, 11) is 0. The van der Waals surface area contributed by atoms with Crippen molar-refractivity contribution in [3.8, 4) is 0 Å². The van der Waals surface area contributed by atoms with E-state index in [0.29, 0.717) is 17.5 Å². The van der Waals surface area contributed by atoms with E-state index < -0.39 is 0 Å². The van der Waals surface area contributed by atoms with E-state index >= 15 is 0 Å². The summed E-state index contributed by atoms with van der Waals surface area (Å²) in [5.41, 5.74) is 4.67. The third-order valence-corrected chi connectivity index (χ3v) is 5.37. The third-order valence-electron chi connectivity index (χ3n) is 4.67. The summed E-state index contributed by atoms with van der Waals surface area (Å²) in [5.74, 6) is 0.363. The SMILES string of the molecule is C=C=C(Nc1ncc(F)s1)N1CC2(CCNC2)c2cc(F)ccc21. The van der Waals surface area contributed by atoms with E-state index in [1.54, 1.807) is 12.1 Å². The molecule has 1 atom stereocenters. The summed E-state index contributed by atoms with van der Waals surface area (Å²) in [6, 6.07) is 4.85. The predicted octanol–water partition coefficient (Wildman–Crippen LogP) is 3.21. The first kappa shape index (κ1) is 15.3. The van der Waals surface area contributed by atoms with Gasteiger partial charge in [-0.15, -0.1) is 0 Å². The molecule has 1 aromatic heterocycles. The highest BCUT2D eigenvalue weighted by molar-refractivity contribution is 7.14. The number of aromatic nitrogens is 1. The number of hydrogen-bond donors (Lipinski definition) is 2. The van der Waals surface area contributed by atoms with Gasteiger partial charge in [0.25, 0.3) is 0 Å². The fourth-order valence-electron chi connectivity index (χ4n) is 3.57. The molecule has 1 fully saturated rings. The van der Waals surface area contributed by atoms with Crippen molar-refractivity contribution < 1.29 is 8.78 Å². The second-order valence-electron chi connectivity index (χ2n) is 6.07. The lowest BCUT2D eigenvalue weighted by atomic mass is 9.81. The van der Waals surface area contributed by atoms with E-state index in [1.807, 2.05) is 4.90 Å². The number of benzene rings is 1. The van der Waals surface area contributed by atoms with Crippen LogP contribution in [0.1, 0.15) is 12.0 Å². The molecule has 0 saturated carbocycles. The van der Waals surface area contributed by atoms with Crippen LogP contribution in [0.5, 0.6) is 0 Å². The highest BCUT2D eigenvalue weighted by Crippen LogP contribution is 2.46. The fourth-order valence-corrected chi connectivity index (χ4v) is 4.11. The van der Waals surface area contributed by atoms with Gasteiger partial charge in [0, 0.05) is 24.2 Å². The van der Waals surface area contributed by atoms with Gasteiger partial charge in [0.05, 0.1) is 6.20 Å². The summed E-state index contributed by atoms with van der Waals surface area (Å²) >= 11 is 0.921. The van der Waals surface area contributed by atoms with Gasteiger partial charge in [0.1, 0.15) is 5.82 Å². The number of halogens is 2. The Balaban J connectivity index is 1.72. The number of hydrogen-bond acceptors (Lipinski definition) is 5. The van der Waals surface area contributed by atoms with Gasteiger partial charge in [-0.05, 0) is 36.7 Å². The van der Waals surface area contributed by atoms with Gasteiger partial charge in [-0.25, -0.2) is 9.37 Å². The van der Waals surface area contributed by atoms with Gasteiger partial charge < -0.3 is 15.5 Å². The predicted molar refractivity (Wildman–Crippen MR) is 91.3 cm³/mol. The lowest BCUT2D eigenvalue weighted by Crippen LogP contribution is -2.36. The molecule has 4 rings (SSSR count). The quantitative estimate of drug-likeness (QED) is 0.838. The Morgan fingerprint density at radius 2 is 2.33 bits per heavy atom. The Labute approximate surface area is 142 Å². The minimum Gasteiger partial charge on any atom is -0.320 e. The summed E-state index contributed by atoms with van der Waals surface area (Å²) in [5, 5.41) is 6.52. The van der Waals surface area contributed by atoms with Gasteiger partial charge in [-0.2, -0.15) is 4.39 Å². The fraction of sp³-hybridized carbons (Fsp3) is 0.294. The molecule has 0 aliphatic carbocycles. The van der Waals surface area contributed by atoms with Crippen molar-refractivity contribution in [1.82, 2.24) is 10.3 Å². The van der Waals surface area contributed by atoms with Crippen molar-refractivity contribution in [1.29, 1.82) is 0 Å². The van der Waals surface area contributed by atoms with Crippen molar-refractivity contribution in [2.75, 3.05) is 29.9 Å². The van der Waals surface area contributed by atoms with Crippen LogP contribution in [-0.4, -0.2) is 24.6 Å². The third kappa shape index (κ3) is 2.41. The lowest BCUT2D eigenvalue weighted by Gasteiger charge is -2.25. The van der Waals surface area contributed by atoms with Crippen LogP contribution < -0.4 is 15.5 Å². The van der Waals surface area contributed by atoms with Crippen LogP contribution in [0.3, 0.4) is 0 Å². The lowest BCUT2D eigenvalue weighted by molar-refractivity contribution is 0.502. The van der Waals surface area contributed by atoms with Gasteiger partial charge in [0.2, 0.25) is 0 Å². The zero-order valence-electron chi connectivity index (χ0n) is 12.9. The number of fused-ring (bicyclic) bond motifs is 2. The zero-order chi connectivity index (χ0) is 16.7. The Hall–Kier alpha value is -2.21. The molecule has 1 saturated heterocycles. The van der Waals surface area contributed by atoms with Crippen LogP contribution in [0.2, 0.25) is 0 Å². The molecule has 1 aromatic carbocycles. The molecule has 2 N–H and O–H groups in total. The maximum Gasteiger partial charge on any atom is 0.198 e. The van der Waals surface area contributed by atoms with E-state index in [-0.39, 0.29) is 16.4 Å². The molecule has 24 heavy (non-hydrogen) atoms. The van der Waals surface area contributed by atoms with E-state index in [0.717, 1.165) is 42.1 Å². The summed E-state index contributed by atoms with van der Waals surface area (Å²) < 4.78 is 27.0. The van der Waals surface area contributed by atoms with Crippen molar-refractivity contribution in [2.24, 2.45) is 0 Å². The van der Waals surface area contributed by atoms with Crippen LogP contribution in [0.25, 0.3) is 0 Å². The number of nitrogens with zero attached hydrogens (tertiary/aromatic N) is 2. The molecular weight excluding hydrogens is 330 g/mol. The van der Waals surface area contributed by atoms with Crippen LogP contribution >= 0.6 is 11.3 Å². The maximum absolute atomic E-state index is 13.8. The van der Waals surface area contributed by atoms with Crippen LogP contribution in [0.4, 0.5) is 19.6 Å². The Morgan fingerprint density at radius 1 is 1.46 bits per heavy atom. The van der Waals surface area contributed by atoms with E-state index in [4.69, 9.17) is 0 Å². The van der Waals surface area contributed by atoms with E-state index in [1.165, 1.54) is 12.3 Å². The Bertz CT molecular complexity index is 835. The van der Waals surface area contributed by atoms with Crippen LogP contribution in [0, 0.1) is 10.9 Å². The smallest absolute Gasteiger partial charge is 0.198 e. The molecule has 3 heterocycles. The molecule has 7 heteroatoms. The van der Waals surface area contributed by atoms with Crippen LogP contribution in [-0.2, 0) is 5.41 Å². The second-order valence-corrected chi connectivity index (χ2v) is 7.06. The average molecular weight is 346 g/mol. The molecule has 1 spiro atoms. The summed E-state index contributed by atoms with van der Waals surface area (Å²) in [6.45, 7) is 6.14. The minimum absolute atomic E-state index is 0.130. The standard InChI is InChI=1S/C17H16F2N4S/c1-2-15(22-16-21-8-14(19)24-16)23-10-17(5-6-20-9-17)12-7-11(18)3-4-13(12)23/h3-4,7-8,20H,1,5-6,9-10H2,(H,21,22). The molecule has 0 bridgehead atoms. The van der Waals surface area contributed by atoms with Gasteiger partial charge in [0.15, 0.2) is 16.1 Å². The summed E-state index contributed by atoms with van der Waals surface area (Å²) in [4.78, 5) is 6.00. The summed E-state index contributed by atoms with van der Waals surface area (Å²) in [6.07, 6.45) is 2.11. The molecule has 2 aromatic rings. The normalized spacial score (nSPS) is 21.8. The van der Waals surface area contributed by atoms with E-state index in [9.17, 15) is 8.78 Å². The molecule has 2 aliphatic heterocycles. The van der Waals surface area contributed by atoms with Crippen molar-refractivity contribution in [3.63, 3.8) is 0 Å². The minimum atomic E-state index is -0.360. The highest BCUT2D eigenvalue weighted by Gasteiger charge is 2.45. The number of rotatable bonds is 3. The van der Waals surface area contributed by atoms with Crippen molar-refractivity contribution in [2.45, 2.75) is 11.8 Å². The topological polar surface area (TPSA) is 40.2 Å². The molecule has 124 valence electrons. The van der Waals surface area contributed by atoms with Crippen molar-refractivity contribution in [3.05, 3.63) is 59.0 Å². The molecule has 1 unspecified atom stereocenters. The maximum atomic E-state index is 13.8. The largest absolute Gasteiger partial charge is 0.320 e.